The summed E-state index contributed by atoms with van der Waals surface area (Å²) in [6.45, 7) is 1.50. The van der Waals surface area contributed by atoms with E-state index >= 15 is 0 Å². The molecule has 0 spiro atoms. The molecule has 5 heteroatoms. The fourth-order valence-corrected chi connectivity index (χ4v) is 1.99. The molecule has 1 aromatic carbocycles. The van der Waals surface area contributed by atoms with Crippen LogP contribution in [0.5, 0.6) is 0 Å². The smallest absolute Gasteiger partial charge is 0.176 e. The molecule has 0 aliphatic carbocycles. The number of ether oxygens (including phenoxy) is 1. The number of hydrogen-bond donors (Lipinski definition) is 0. The zero-order chi connectivity index (χ0) is 13.1. The number of benzene rings is 1. The number of carbonyl (C=O) groups is 1. The SMILES string of the molecule is CN(CC(=O)c1ccc(F)c(F)c1)C1CCOC1. The average Bonchev–Trinajstić information content (AvgIpc) is 2.86. The lowest BCUT2D eigenvalue weighted by atomic mass is 10.1. The standard InChI is InChI=1S/C13H15F2NO2/c1-16(10-4-5-18-8-10)7-13(17)9-2-3-11(14)12(15)6-9/h2-3,6,10H,4-5,7-8H2,1H3. The number of likely N-dealkylation sites (N-methyl/N-ethyl adjacent to an activating group) is 1. The second-order valence-electron chi connectivity index (χ2n) is 4.48. The third kappa shape index (κ3) is 2.91. The van der Waals surface area contributed by atoms with Crippen LogP contribution in [0, 0.1) is 11.6 Å². The summed E-state index contributed by atoms with van der Waals surface area (Å²) in [5.41, 5.74) is 0.194. The monoisotopic (exact) mass is 255 g/mol. The number of hydrogen-bond acceptors (Lipinski definition) is 3. The van der Waals surface area contributed by atoms with Crippen LogP contribution in [0.25, 0.3) is 0 Å². The Balaban J connectivity index is 2.00. The normalized spacial score (nSPS) is 19.4. The lowest BCUT2D eigenvalue weighted by Crippen LogP contribution is -2.36. The Kier molecular flexibility index (Phi) is 4.04. The molecule has 18 heavy (non-hydrogen) atoms. The van der Waals surface area contributed by atoms with Crippen molar-refractivity contribution in [3.63, 3.8) is 0 Å². The highest BCUT2D eigenvalue weighted by Gasteiger charge is 2.22. The first-order valence-corrected chi connectivity index (χ1v) is 5.84. The minimum atomic E-state index is -0.993. The van der Waals surface area contributed by atoms with Crippen LogP contribution in [0.1, 0.15) is 16.8 Å². The van der Waals surface area contributed by atoms with Crippen molar-refractivity contribution < 1.29 is 18.3 Å². The molecule has 98 valence electrons. The second kappa shape index (κ2) is 5.54. The molecular weight excluding hydrogens is 240 g/mol. The lowest BCUT2D eigenvalue weighted by molar-refractivity contribution is 0.0906. The van der Waals surface area contributed by atoms with Crippen molar-refractivity contribution in [1.29, 1.82) is 0 Å². The Morgan fingerprint density at radius 1 is 1.44 bits per heavy atom. The van der Waals surface area contributed by atoms with Crippen molar-refractivity contribution in [3.05, 3.63) is 35.4 Å². The third-order valence-corrected chi connectivity index (χ3v) is 3.16. The molecular formula is C13H15F2NO2. The maximum absolute atomic E-state index is 13.0. The first-order valence-electron chi connectivity index (χ1n) is 5.84. The predicted octanol–water partition coefficient (Wildman–Crippen LogP) is 1.87. The van der Waals surface area contributed by atoms with Crippen molar-refractivity contribution in [2.24, 2.45) is 0 Å². The Bertz CT molecular complexity index is 445. The van der Waals surface area contributed by atoms with Gasteiger partial charge in [0.1, 0.15) is 0 Å². The van der Waals surface area contributed by atoms with Gasteiger partial charge in [0, 0.05) is 18.2 Å². The highest BCUT2D eigenvalue weighted by Crippen LogP contribution is 2.13. The molecule has 0 radical (unpaired) electrons. The van der Waals surface area contributed by atoms with E-state index < -0.39 is 11.6 Å². The maximum atomic E-state index is 13.0. The quantitative estimate of drug-likeness (QED) is 0.769. The van der Waals surface area contributed by atoms with Gasteiger partial charge in [0.25, 0.3) is 0 Å². The summed E-state index contributed by atoms with van der Waals surface area (Å²) in [6.07, 6.45) is 0.890. The lowest BCUT2D eigenvalue weighted by Gasteiger charge is -2.21. The van der Waals surface area contributed by atoms with Crippen molar-refractivity contribution in [3.8, 4) is 0 Å². The summed E-state index contributed by atoms with van der Waals surface area (Å²) >= 11 is 0. The van der Waals surface area contributed by atoms with Crippen molar-refractivity contribution in [1.82, 2.24) is 4.90 Å². The van der Waals surface area contributed by atoms with Gasteiger partial charge in [0.2, 0.25) is 0 Å². The number of carbonyl (C=O) groups excluding carboxylic acids is 1. The average molecular weight is 255 g/mol. The van der Waals surface area contributed by atoms with Crippen LogP contribution in [0.15, 0.2) is 18.2 Å². The van der Waals surface area contributed by atoms with E-state index in [0.29, 0.717) is 13.2 Å². The molecule has 1 saturated heterocycles. The van der Waals surface area contributed by atoms with Crippen LogP contribution >= 0.6 is 0 Å². The predicted molar refractivity (Wildman–Crippen MR) is 62.5 cm³/mol. The Hall–Kier alpha value is -1.33. The van der Waals surface area contributed by atoms with Crippen molar-refractivity contribution in [2.45, 2.75) is 12.5 Å². The summed E-state index contributed by atoms with van der Waals surface area (Å²) in [5.74, 6) is -2.15. The van der Waals surface area contributed by atoms with Gasteiger partial charge in [-0.25, -0.2) is 8.78 Å². The minimum Gasteiger partial charge on any atom is -0.380 e. The molecule has 1 unspecified atom stereocenters. The molecule has 1 atom stereocenters. The topological polar surface area (TPSA) is 29.5 Å². The molecule has 0 amide bonds. The highest BCUT2D eigenvalue weighted by molar-refractivity contribution is 5.97. The van der Waals surface area contributed by atoms with Gasteiger partial charge in [0.15, 0.2) is 17.4 Å². The molecule has 1 aliphatic heterocycles. The Morgan fingerprint density at radius 2 is 2.22 bits per heavy atom. The second-order valence-corrected chi connectivity index (χ2v) is 4.48. The number of halogens is 2. The molecule has 2 rings (SSSR count). The molecule has 0 bridgehead atoms. The Morgan fingerprint density at radius 3 is 2.83 bits per heavy atom. The largest absolute Gasteiger partial charge is 0.380 e. The summed E-state index contributed by atoms with van der Waals surface area (Å²) in [5, 5.41) is 0. The van der Waals surface area contributed by atoms with E-state index in [9.17, 15) is 13.6 Å². The summed E-state index contributed by atoms with van der Waals surface area (Å²) in [7, 11) is 1.83. The summed E-state index contributed by atoms with van der Waals surface area (Å²) < 4.78 is 31.0. The van der Waals surface area contributed by atoms with Crippen LogP contribution in [0.2, 0.25) is 0 Å². The van der Waals surface area contributed by atoms with Gasteiger partial charge in [0.05, 0.1) is 13.2 Å². The van der Waals surface area contributed by atoms with E-state index in [1.807, 2.05) is 11.9 Å². The van der Waals surface area contributed by atoms with Gasteiger partial charge in [-0.1, -0.05) is 0 Å². The van der Waals surface area contributed by atoms with Gasteiger partial charge >= 0.3 is 0 Å². The zero-order valence-electron chi connectivity index (χ0n) is 10.2. The molecule has 1 heterocycles. The fraction of sp³-hybridized carbons (Fsp3) is 0.462. The molecule has 1 fully saturated rings. The molecule has 0 saturated carbocycles. The van der Waals surface area contributed by atoms with Crippen LogP contribution in [-0.2, 0) is 4.74 Å². The molecule has 3 nitrogen and oxygen atoms in total. The van der Waals surface area contributed by atoms with Crippen LogP contribution in [0.3, 0.4) is 0 Å². The highest BCUT2D eigenvalue weighted by atomic mass is 19.2. The summed E-state index contributed by atoms with van der Waals surface area (Å²) in [6, 6.07) is 3.44. The van der Waals surface area contributed by atoms with E-state index in [1.165, 1.54) is 6.07 Å². The van der Waals surface area contributed by atoms with Crippen LogP contribution < -0.4 is 0 Å². The fourth-order valence-electron chi connectivity index (χ4n) is 1.99. The number of nitrogens with zero attached hydrogens (tertiary/aromatic N) is 1. The Labute approximate surface area is 104 Å². The number of Topliss-reactive ketones (excluding diaryl/α,β-unsaturated/α-hetero) is 1. The molecule has 1 aromatic rings. The van der Waals surface area contributed by atoms with Gasteiger partial charge in [-0.2, -0.15) is 0 Å². The number of ketones is 1. The van der Waals surface area contributed by atoms with E-state index in [4.69, 9.17) is 4.74 Å². The van der Waals surface area contributed by atoms with Crippen molar-refractivity contribution >= 4 is 5.78 Å². The minimum absolute atomic E-state index is 0.180. The molecule has 0 aromatic heterocycles. The van der Waals surface area contributed by atoms with Crippen LogP contribution in [0.4, 0.5) is 8.78 Å². The van der Waals surface area contributed by atoms with Crippen LogP contribution in [-0.4, -0.2) is 43.5 Å². The first-order chi connectivity index (χ1) is 8.58. The molecule has 0 N–H and O–H groups in total. The maximum Gasteiger partial charge on any atom is 0.176 e. The van der Waals surface area contributed by atoms with Gasteiger partial charge < -0.3 is 4.74 Å². The first kappa shape index (κ1) is 13.1. The van der Waals surface area contributed by atoms with E-state index in [0.717, 1.165) is 18.6 Å². The van der Waals surface area contributed by atoms with E-state index in [2.05, 4.69) is 0 Å². The van der Waals surface area contributed by atoms with E-state index in [1.54, 1.807) is 0 Å². The van der Waals surface area contributed by atoms with Gasteiger partial charge in [-0.3, -0.25) is 9.69 Å². The number of rotatable bonds is 4. The zero-order valence-corrected chi connectivity index (χ0v) is 10.2. The third-order valence-electron chi connectivity index (χ3n) is 3.16. The van der Waals surface area contributed by atoms with Gasteiger partial charge in [-0.05, 0) is 31.7 Å². The molecule has 1 aliphatic rings. The van der Waals surface area contributed by atoms with Gasteiger partial charge in [-0.15, -0.1) is 0 Å². The van der Waals surface area contributed by atoms with Crippen molar-refractivity contribution in [2.75, 3.05) is 26.8 Å². The summed E-state index contributed by atoms with van der Waals surface area (Å²) in [4.78, 5) is 13.8. The van der Waals surface area contributed by atoms with E-state index in [-0.39, 0.29) is 23.9 Å².